The third-order valence-corrected chi connectivity index (χ3v) is 5.01. The zero-order valence-electron chi connectivity index (χ0n) is 12.5. The molecule has 2 unspecified atom stereocenters. The summed E-state index contributed by atoms with van der Waals surface area (Å²) in [5.74, 6) is 0.0808. The Morgan fingerprint density at radius 3 is 2.67 bits per heavy atom. The highest BCUT2D eigenvalue weighted by molar-refractivity contribution is 5.41. The van der Waals surface area contributed by atoms with Gasteiger partial charge in [-0.15, -0.1) is 0 Å². The van der Waals surface area contributed by atoms with Gasteiger partial charge in [0, 0.05) is 11.6 Å². The number of benzene rings is 1. The molecule has 1 aliphatic rings. The van der Waals surface area contributed by atoms with E-state index in [1.165, 1.54) is 6.33 Å². The van der Waals surface area contributed by atoms with Crippen LogP contribution in [0.2, 0.25) is 0 Å². The van der Waals surface area contributed by atoms with Gasteiger partial charge in [-0.1, -0.05) is 26.0 Å². The average Bonchev–Trinajstić information content (AvgIpc) is 3.00. The number of aromatic nitrogens is 3. The summed E-state index contributed by atoms with van der Waals surface area (Å²) in [4.78, 5) is 3.98. The monoisotopic (exact) mass is 286 g/mol. The van der Waals surface area contributed by atoms with Crippen molar-refractivity contribution in [3.8, 4) is 0 Å². The van der Waals surface area contributed by atoms with Crippen LogP contribution in [0.1, 0.15) is 38.2 Å². The van der Waals surface area contributed by atoms with E-state index in [4.69, 9.17) is 5.73 Å². The minimum Gasteiger partial charge on any atom is -0.399 e. The molecule has 0 amide bonds. The van der Waals surface area contributed by atoms with E-state index >= 15 is 0 Å². The molecular weight excluding hydrogens is 264 g/mol. The first-order valence-corrected chi connectivity index (χ1v) is 7.33. The molecule has 1 heterocycles. The van der Waals surface area contributed by atoms with Crippen LogP contribution in [0.25, 0.3) is 0 Å². The molecule has 21 heavy (non-hydrogen) atoms. The molecular formula is C16H22N4O. The topological polar surface area (TPSA) is 77.0 Å². The molecule has 5 nitrogen and oxygen atoms in total. The first-order chi connectivity index (χ1) is 9.92. The Hall–Kier alpha value is -1.88. The van der Waals surface area contributed by atoms with Crippen molar-refractivity contribution in [2.45, 2.75) is 44.8 Å². The highest BCUT2D eigenvalue weighted by atomic mass is 16.3. The van der Waals surface area contributed by atoms with Crippen molar-refractivity contribution in [3.05, 3.63) is 42.5 Å². The van der Waals surface area contributed by atoms with Gasteiger partial charge in [0.05, 0.1) is 12.1 Å². The van der Waals surface area contributed by atoms with Crippen LogP contribution in [0, 0.1) is 5.41 Å². The summed E-state index contributed by atoms with van der Waals surface area (Å²) in [7, 11) is 0. The second-order valence-corrected chi connectivity index (χ2v) is 6.66. The Balaban J connectivity index is 1.97. The van der Waals surface area contributed by atoms with Crippen molar-refractivity contribution >= 4 is 5.69 Å². The molecule has 3 N–H and O–H groups in total. The SMILES string of the molecule is CC1(C)CCC(c2ccc(N)cc2)C1(O)Cn1cncn1. The molecule has 5 heteroatoms. The van der Waals surface area contributed by atoms with Crippen molar-refractivity contribution in [2.75, 3.05) is 5.73 Å². The molecule has 0 saturated heterocycles. The van der Waals surface area contributed by atoms with Crippen LogP contribution < -0.4 is 5.73 Å². The van der Waals surface area contributed by atoms with E-state index in [-0.39, 0.29) is 11.3 Å². The molecule has 0 aliphatic heterocycles. The summed E-state index contributed by atoms with van der Waals surface area (Å²) in [6, 6.07) is 7.84. The van der Waals surface area contributed by atoms with Gasteiger partial charge in [0.1, 0.15) is 12.7 Å². The van der Waals surface area contributed by atoms with Gasteiger partial charge in [-0.2, -0.15) is 5.10 Å². The summed E-state index contributed by atoms with van der Waals surface area (Å²) in [5.41, 5.74) is 6.63. The summed E-state index contributed by atoms with van der Waals surface area (Å²) in [6.07, 6.45) is 5.10. The molecule has 1 aliphatic carbocycles. The molecule has 3 rings (SSSR count). The standard InChI is InChI=1S/C16H22N4O/c1-15(2)8-7-14(12-3-5-13(17)6-4-12)16(15,21)9-20-11-18-10-19-20/h3-6,10-11,14,21H,7-9,17H2,1-2H3. The molecule has 2 atom stereocenters. The maximum absolute atomic E-state index is 11.5. The lowest BCUT2D eigenvalue weighted by molar-refractivity contribution is -0.0713. The van der Waals surface area contributed by atoms with Crippen molar-refractivity contribution in [1.29, 1.82) is 0 Å². The minimum absolute atomic E-state index is 0.0808. The quantitative estimate of drug-likeness (QED) is 0.848. The summed E-state index contributed by atoms with van der Waals surface area (Å²) in [6.45, 7) is 4.71. The number of rotatable bonds is 3. The number of hydrogen-bond donors (Lipinski definition) is 2. The van der Waals surface area contributed by atoms with Crippen LogP contribution in [0.5, 0.6) is 0 Å². The second-order valence-electron chi connectivity index (χ2n) is 6.66. The number of nitrogens with zero attached hydrogens (tertiary/aromatic N) is 3. The fourth-order valence-corrected chi connectivity index (χ4v) is 3.49. The van der Waals surface area contributed by atoms with Crippen LogP contribution in [-0.4, -0.2) is 25.5 Å². The van der Waals surface area contributed by atoms with E-state index in [2.05, 4.69) is 23.9 Å². The van der Waals surface area contributed by atoms with Gasteiger partial charge in [0.25, 0.3) is 0 Å². The molecule has 2 aromatic rings. The lowest BCUT2D eigenvalue weighted by Gasteiger charge is -2.40. The number of nitrogen functional groups attached to an aromatic ring is 1. The highest BCUT2D eigenvalue weighted by Crippen LogP contribution is 2.54. The van der Waals surface area contributed by atoms with Gasteiger partial charge in [-0.05, 0) is 36.0 Å². The smallest absolute Gasteiger partial charge is 0.137 e. The van der Waals surface area contributed by atoms with Crippen LogP contribution in [0.4, 0.5) is 5.69 Å². The van der Waals surface area contributed by atoms with E-state index in [9.17, 15) is 5.11 Å². The maximum atomic E-state index is 11.5. The van der Waals surface area contributed by atoms with Crippen LogP contribution in [0.3, 0.4) is 0 Å². The Bertz CT molecular complexity index is 606. The number of nitrogens with two attached hydrogens (primary N) is 1. The molecule has 1 aromatic carbocycles. The van der Waals surface area contributed by atoms with Crippen LogP contribution in [-0.2, 0) is 6.54 Å². The summed E-state index contributed by atoms with van der Waals surface area (Å²) < 4.78 is 1.72. The zero-order valence-corrected chi connectivity index (χ0v) is 12.5. The van der Waals surface area contributed by atoms with Gasteiger partial charge < -0.3 is 10.8 Å². The van der Waals surface area contributed by atoms with E-state index in [0.29, 0.717) is 6.54 Å². The van der Waals surface area contributed by atoms with Crippen molar-refractivity contribution < 1.29 is 5.11 Å². The van der Waals surface area contributed by atoms with Crippen LogP contribution >= 0.6 is 0 Å². The molecule has 1 aromatic heterocycles. The van der Waals surface area contributed by atoms with E-state index in [1.54, 1.807) is 11.0 Å². The van der Waals surface area contributed by atoms with E-state index in [1.807, 2.05) is 24.3 Å². The first kappa shape index (κ1) is 14.1. The average molecular weight is 286 g/mol. The number of aliphatic hydroxyl groups is 1. The Morgan fingerprint density at radius 1 is 1.33 bits per heavy atom. The second kappa shape index (κ2) is 4.84. The molecule has 1 saturated carbocycles. The van der Waals surface area contributed by atoms with E-state index < -0.39 is 5.60 Å². The molecule has 1 fully saturated rings. The largest absolute Gasteiger partial charge is 0.399 e. The van der Waals surface area contributed by atoms with Crippen LogP contribution in [0.15, 0.2) is 36.9 Å². The Kier molecular flexibility index (Phi) is 3.24. The molecule has 0 spiro atoms. The van der Waals surface area contributed by atoms with Gasteiger partial charge in [0.15, 0.2) is 0 Å². The zero-order chi connectivity index (χ0) is 15.1. The first-order valence-electron chi connectivity index (χ1n) is 7.33. The molecule has 0 radical (unpaired) electrons. The van der Waals surface area contributed by atoms with E-state index in [0.717, 1.165) is 24.1 Å². The fraction of sp³-hybridized carbons (Fsp3) is 0.500. The van der Waals surface area contributed by atoms with Gasteiger partial charge in [0.2, 0.25) is 0 Å². The minimum atomic E-state index is -0.850. The predicted octanol–water partition coefficient (Wildman–Crippen LogP) is 2.20. The summed E-state index contributed by atoms with van der Waals surface area (Å²) >= 11 is 0. The van der Waals surface area contributed by atoms with Gasteiger partial charge in [-0.3, -0.25) is 4.68 Å². The molecule has 0 bridgehead atoms. The van der Waals surface area contributed by atoms with Gasteiger partial charge >= 0.3 is 0 Å². The Labute approximate surface area is 124 Å². The molecule has 112 valence electrons. The third kappa shape index (κ3) is 2.31. The van der Waals surface area contributed by atoms with Gasteiger partial charge in [-0.25, -0.2) is 4.98 Å². The van der Waals surface area contributed by atoms with Crippen molar-refractivity contribution in [3.63, 3.8) is 0 Å². The highest BCUT2D eigenvalue weighted by Gasteiger charge is 2.54. The number of hydrogen-bond acceptors (Lipinski definition) is 4. The number of anilines is 1. The summed E-state index contributed by atoms with van der Waals surface area (Å²) in [5, 5.41) is 15.6. The van der Waals surface area contributed by atoms with Crippen molar-refractivity contribution in [1.82, 2.24) is 14.8 Å². The normalized spacial score (nSPS) is 27.9. The van der Waals surface area contributed by atoms with Crippen molar-refractivity contribution in [2.24, 2.45) is 5.41 Å². The lowest BCUT2D eigenvalue weighted by atomic mass is 9.72. The third-order valence-electron chi connectivity index (χ3n) is 5.01. The lowest BCUT2D eigenvalue weighted by Crippen LogP contribution is -2.47. The maximum Gasteiger partial charge on any atom is 0.137 e. The Morgan fingerprint density at radius 2 is 2.05 bits per heavy atom. The predicted molar refractivity (Wildman–Crippen MR) is 81.6 cm³/mol. The fourth-order valence-electron chi connectivity index (χ4n) is 3.49.